The van der Waals surface area contributed by atoms with Gasteiger partial charge in [-0.2, -0.15) is 0 Å². The second-order valence-electron chi connectivity index (χ2n) is 19.0. The van der Waals surface area contributed by atoms with Crippen molar-refractivity contribution in [1.29, 1.82) is 0 Å². The molecular weight excluding hydrogens is 993 g/mol. The molecule has 0 saturated carbocycles. The third kappa shape index (κ3) is 11.2. The highest BCUT2D eigenvalue weighted by atomic mass is 79.9. The first-order valence-corrected chi connectivity index (χ1v) is 26.4. The fourth-order valence-corrected chi connectivity index (χ4v) is 11.9. The highest BCUT2D eigenvalue weighted by Gasteiger charge is 2.52. The molecule has 2 amide bonds. The average Bonchev–Trinajstić information content (AvgIpc) is 3.95. The van der Waals surface area contributed by atoms with Crippen molar-refractivity contribution in [3.05, 3.63) is 204 Å². The normalized spacial score (nSPS) is 16.9. The van der Waals surface area contributed by atoms with E-state index in [0.717, 1.165) is 92.0 Å². The van der Waals surface area contributed by atoms with Crippen LogP contribution in [0.3, 0.4) is 0 Å². The van der Waals surface area contributed by atoms with Crippen LogP contribution in [-0.4, -0.2) is 105 Å². The van der Waals surface area contributed by atoms with Crippen molar-refractivity contribution in [3.63, 3.8) is 0 Å². The number of methoxy groups -OCH3 is 2. The van der Waals surface area contributed by atoms with Gasteiger partial charge in [-0.05, 0) is 105 Å². The van der Waals surface area contributed by atoms with E-state index in [-0.39, 0.29) is 36.7 Å². The summed E-state index contributed by atoms with van der Waals surface area (Å²) in [6, 6.07) is 59.8. The summed E-state index contributed by atoms with van der Waals surface area (Å²) < 4.78 is 10.5. The molecule has 74 heavy (non-hydrogen) atoms. The number of esters is 2. The second kappa shape index (κ2) is 25.4. The molecule has 10 rings (SSSR count). The summed E-state index contributed by atoms with van der Waals surface area (Å²) in [6.45, 7) is 5.30. The molecule has 6 aromatic rings. The lowest BCUT2D eigenvalue weighted by molar-refractivity contribution is -0.147. The summed E-state index contributed by atoms with van der Waals surface area (Å²) in [6.07, 6.45) is 4.50. The number of nitrogens with zero attached hydrogens (tertiary/aromatic N) is 3. The summed E-state index contributed by atoms with van der Waals surface area (Å²) in [5.41, 5.74) is 3.48. The van der Waals surface area contributed by atoms with Gasteiger partial charge in [-0.25, -0.2) is 0 Å². The van der Waals surface area contributed by atoms with Crippen molar-refractivity contribution >= 4 is 51.1 Å². The van der Waals surface area contributed by atoms with Crippen molar-refractivity contribution in [3.8, 4) is 0 Å². The fraction of sp³-hybridized carbons (Fsp3) is 0.344. The molecule has 0 atom stereocenters. The Morgan fingerprint density at radius 3 is 1.18 bits per heavy atom. The van der Waals surface area contributed by atoms with Gasteiger partial charge in [0, 0.05) is 29.8 Å². The Hall–Kier alpha value is -6.80. The summed E-state index contributed by atoms with van der Waals surface area (Å²) in [7, 11) is 2.90. The number of piperidine rings is 2. The minimum Gasteiger partial charge on any atom is -0.468 e. The first kappa shape index (κ1) is 55.0. The number of anilines is 2. The number of alkyl halides is 1. The second-order valence-corrected chi connectivity index (χ2v) is 19.7. The Balaban J connectivity index is 0.000000177. The Labute approximate surface area is 446 Å². The van der Waals surface area contributed by atoms with Crippen LogP contribution in [0.2, 0.25) is 0 Å². The molecule has 4 aliphatic rings. The Morgan fingerprint density at radius 1 is 0.514 bits per heavy atom. The van der Waals surface area contributed by atoms with Gasteiger partial charge >= 0.3 is 11.9 Å². The third-order valence-electron chi connectivity index (χ3n) is 15.3. The molecule has 0 radical (unpaired) electrons. The molecular formula is C61H71BrN6O6. The van der Waals surface area contributed by atoms with Crippen molar-refractivity contribution in [1.82, 2.24) is 20.9 Å². The van der Waals surface area contributed by atoms with Crippen LogP contribution in [-0.2, 0) is 39.5 Å². The first-order valence-electron chi connectivity index (χ1n) is 25.3. The highest BCUT2D eigenvalue weighted by molar-refractivity contribution is 9.09. The molecule has 0 aliphatic carbocycles. The summed E-state index contributed by atoms with van der Waals surface area (Å²) in [5.74, 6) is -0.181. The van der Waals surface area contributed by atoms with Crippen molar-refractivity contribution in [2.45, 2.75) is 67.9 Å². The summed E-state index contributed by atoms with van der Waals surface area (Å²) in [5, 5.41) is 10.1. The van der Waals surface area contributed by atoms with E-state index in [2.05, 4.69) is 70.8 Å². The van der Waals surface area contributed by atoms with Crippen LogP contribution >= 0.6 is 15.9 Å². The number of benzene rings is 6. The molecule has 4 saturated heterocycles. The smallest absolute Gasteiger partial charge is 0.320 e. The molecule has 6 aromatic carbocycles. The van der Waals surface area contributed by atoms with E-state index in [0.29, 0.717) is 31.5 Å². The van der Waals surface area contributed by atoms with E-state index in [4.69, 9.17) is 9.47 Å². The van der Waals surface area contributed by atoms with Crippen molar-refractivity contribution < 1.29 is 28.7 Å². The van der Waals surface area contributed by atoms with Crippen LogP contribution in [0.15, 0.2) is 182 Å². The number of amides is 2. The quantitative estimate of drug-likeness (QED) is 0.0760. The van der Waals surface area contributed by atoms with E-state index in [1.807, 2.05) is 158 Å². The van der Waals surface area contributed by atoms with E-state index in [1.54, 1.807) is 0 Å². The van der Waals surface area contributed by atoms with E-state index >= 15 is 0 Å². The number of hydrogen-bond acceptors (Lipinski definition) is 10. The molecule has 12 nitrogen and oxygen atoms in total. The molecule has 2 spiro atoms. The molecule has 4 aliphatic heterocycles. The number of carbonyl (C=O) groups is 4. The largest absolute Gasteiger partial charge is 0.468 e. The lowest BCUT2D eigenvalue weighted by Gasteiger charge is -2.44. The van der Waals surface area contributed by atoms with Gasteiger partial charge in [0.2, 0.25) is 11.8 Å². The molecule has 0 unspecified atom stereocenters. The maximum atomic E-state index is 13.5. The predicted molar refractivity (Wildman–Crippen MR) is 298 cm³/mol. The third-order valence-corrected chi connectivity index (χ3v) is 15.7. The Bertz CT molecular complexity index is 2630. The van der Waals surface area contributed by atoms with Gasteiger partial charge in [-0.3, -0.25) is 19.2 Å². The number of likely N-dealkylation sites (tertiary alicyclic amines) is 1. The zero-order valence-corrected chi connectivity index (χ0v) is 43.5. The van der Waals surface area contributed by atoms with Gasteiger partial charge in [-0.1, -0.05) is 181 Å². The van der Waals surface area contributed by atoms with E-state index in [9.17, 15) is 19.2 Å². The zero-order chi connectivity index (χ0) is 51.2. The maximum absolute atomic E-state index is 13.5. The summed E-state index contributed by atoms with van der Waals surface area (Å²) in [4.78, 5) is 58.0. The molecule has 4 fully saturated rings. The SMILES string of the molecule is C.COC(=O)C(CCBr)(c1ccccc1)c1ccccc1.COC(=O)C(CCN1CCC2(CC1)C(=O)NCN2c1ccccc1)(c1ccccc1)c1ccccc1.O=C1NCN(c2ccccc2)C12CCNCC2. The first-order chi connectivity index (χ1) is 35.7. The van der Waals surface area contributed by atoms with Crippen LogP contribution in [0.5, 0.6) is 0 Å². The lowest BCUT2D eigenvalue weighted by Crippen LogP contribution is -2.56. The Morgan fingerprint density at radius 2 is 0.838 bits per heavy atom. The number of hydrogen-bond donors (Lipinski definition) is 3. The minimum atomic E-state index is -0.896. The molecule has 0 bridgehead atoms. The van der Waals surface area contributed by atoms with Gasteiger partial charge < -0.3 is 40.1 Å². The molecule has 3 N–H and O–H groups in total. The topological polar surface area (TPSA) is 133 Å². The number of rotatable bonds is 13. The van der Waals surface area contributed by atoms with E-state index in [1.165, 1.54) is 14.2 Å². The van der Waals surface area contributed by atoms with Crippen LogP contribution in [0.25, 0.3) is 0 Å². The van der Waals surface area contributed by atoms with Crippen LogP contribution in [0, 0.1) is 0 Å². The van der Waals surface area contributed by atoms with Crippen molar-refractivity contribution in [2.75, 3.05) is 75.4 Å². The standard InChI is InChI=1S/C30H33N3O3.C17H17BrO2.C13H17N3O.CH4/c1-36-28(35)30(24-11-5-2-6-12-24,25-13-7-3-8-14-25)19-22-32-20-17-29(18-21-32)27(34)31-23-33(29)26-15-9-4-10-16-26;1-20-16(19)17(12-13-18,14-8-4-2-5-9-14)15-10-6-3-7-11-15;17-12-13(6-8-14-9-7-13)16(10-15-12)11-4-2-1-3-5-11;/h2-16H,17-23H2,1H3,(H,31,34);2-11H,12-13H2,1H3;1-5,14H,6-10H2,(H,15,17);1H4. The highest BCUT2D eigenvalue weighted by Crippen LogP contribution is 2.41. The molecule has 4 heterocycles. The van der Waals surface area contributed by atoms with Gasteiger partial charge in [0.25, 0.3) is 0 Å². The van der Waals surface area contributed by atoms with Crippen molar-refractivity contribution in [2.24, 2.45) is 0 Å². The van der Waals surface area contributed by atoms with Gasteiger partial charge in [0.15, 0.2) is 0 Å². The maximum Gasteiger partial charge on any atom is 0.320 e. The monoisotopic (exact) mass is 1060 g/mol. The number of carbonyl (C=O) groups excluding carboxylic acids is 4. The summed E-state index contributed by atoms with van der Waals surface area (Å²) >= 11 is 3.47. The van der Waals surface area contributed by atoms with E-state index < -0.39 is 16.4 Å². The average molecular weight is 1060 g/mol. The molecule has 13 heteroatoms. The zero-order valence-electron chi connectivity index (χ0n) is 41.9. The predicted octanol–water partition coefficient (Wildman–Crippen LogP) is 9.23. The lowest BCUT2D eigenvalue weighted by atomic mass is 9.71. The van der Waals surface area contributed by atoms with Gasteiger partial charge in [0.05, 0.1) is 27.6 Å². The van der Waals surface area contributed by atoms with Crippen LogP contribution in [0.4, 0.5) is 11.4 Å². The number of nitrogens with one attached hydrogen (secondary N) is 3. The molecule has 388 valence electrons. The number of ether oxygens (including phenoxy) is 2. The number of halogens is 1. The number of para-hydroxylation sites is 2. The fourth-order valence-electron chi connectivity index (χ4n) is 11.3. The van der Waals surface area contributed by atoms with Gasteiger partial charge in [-0.15, -0.1) is 0 Å². The van der Waals surface area contributed by atoms with Crippen LogP contribution < -0.4 is 25.8 Å². The van der Waals surface area contributed by atoms with Crippen LogP contribution in [0.1, 0.15) is 68.2 Å². The minimum absolute atomic E-state index is 0. The van der Waals surface area contributed by atoms with Gasteiger partial charge in [0.1, 0.15) is 21.9 Å². The Kier molecular flexibility index (Phi) is 18.9. The molecule has 0 aromatic heterocycles.